The molecule has 2 aromatic rings. The molecule has 1 saturated heterocycles. The van der Waals surface area contributed by atoms with Gasteiger partial charge in [-0.25, -0.2) is 4.52 Å². The quantitative estimate of drug-likeness (QED) is 0.869. The predicted octanol–water partition coefficient (Wildman–Crippen LogP) is 1.55. The van der Waals surface area contributed by atoms with Crippen LogP contribution in [0.4, 0.5) is 5.95 Å². The molecule has 0 aliphatic carbocycles. The fourth-order valence-corrected chi connectivity index (χ4v) is 2.23. The SMILES string of the molecule is Clc1ccc2nc(NCC3CCCN3)nn2c1. The number of rotatable bonds is 3. The lowest BCUT2D eigenvalue weighted by Crippen LogP contribution is -2.29. The Morgan fingerprint density at radius 1 is 1.53 bits per heavy atom. The summed E-state index contributed by atoms with van der Waals surface area (Å²) in [6.07, 6.45) is 4.22. The molecule has 90 valence electrons. The Balaban J connectivity index is 1.72. The molecule has 0 radical (unpaired) electrons. The largest absolute Gasteiger partial charge is 0.351 e. The molecule has 17 heavy (non-hydrogen) atoms. The summed E-state index contributed by atoms with van der Waals surface area (Å²) in [5, 5.41) is 11.6. The fraction of sp³-hybridized carbons (Fsp3) is 0.455. The van der Waals surface area contributed by atoms with Gasteiger partial charge in [-0.2, -0.15) is 4.98 Å². The number of halogens is 1. The minimum atomic E-state index is 0.533. The molecule has 3 heterocycles. The van der Waals surface area contributed by atoms with Gasteiger partial charge in [0.25, 0.3) is 0 Å². The maximum atomic E-state index is 5.89. The van der Waals surface area contributed by atoms with Crippen LogP contribution in [0.15, 0.2) is 18.3 Å². The van der Waals surface area contributed by atoms with E-state index in [2.05, 4.69) is 20.7 Å². The molecule has 2 aromatic heterocycles. The van der Waals surface area contributed by atoms with E-state index in [1.807, 2.05) is 12.1 Å². The summed E-state index contributed by atoms with van der Waals surface area (Å²) in [5.41, 5.74) is 0.802. The lowest BCUT2D eigenvalue weighted by Gasteiger charge is -2.09. The summed E-state index contributed by atoms with van der Waals surface area (Å²) >= 11 is 5.89. The highest BCUT2D eigenvalue weighted by Crippen LogP contribution is 2.12. The zero-order valence-corrected chi connectivity index (χ0v) is 10.1. The van der Waals surface area contributed by atoms with Crippen molar-refractivity contribution in [3.05, 3.63) is 23.4 Å². The molecule has 0 saturated carbocycles. The molecule has 6 heteroatoms. The zero-order chi connectivity index (χ0) is 11.7. The van der Waals surface area contributed by atoms with Gasteiger partial charge in [0.2, 0.25) is 5.95 Å². The molecular formula is C11H14ClN5. The van der Waals surface area contributed by atoms with Crippen LogP contribution >= 0.6 is 11.6 Å². The van der Waals surface area contributed by atoms with Gasteiger partial charge in [0.1, 0.15) is 0 Å². The predicted molar refractivity (Wildman–Crippen MR) is 67.5 cm³/mol. The summed E-state index contributed by atoms with van der Waals surface area (Å²) in [5.74, 6) is 0.654. The van der Waals surface area contributed by atoms with Crippen LogP contribution in [0.3, 0.4) is 0 Å². The van der Waals surface area contributed by atoms with E-state index in [-0.39, 0.29) is 0 Å². The van der Waals surface area contributed by atoms with Crippen LogP contribution in [0.5, 0.6) is 0 Å². The number of fused-ring (bicyclic) bond motifs is 1. The van der Waals surface area contributed by atoms with Crippen LogP contribution in [0.25, 0.3) is 5.65 Å². The van der Waals surface area contributed by atoms with E-state index in [9.17, 15) is 0 Å². The summed E-state index contributed by atoms with van der Waals surface area (Å²) in [7, 11) is 0. The van der Waals surface area contributed by atoms with Crippen LogP contribution in [-0.4, -0.2) is 33.7 Å². The number of anilines is 1. The minimum absolute atomic E-state index is 0.533. The molecule has 1 atom stereocenters. The van der Waals surface area contributed by atoms with E-state index in [1.165, 1.54) is 12.8 Å². The molecule has 1 aliphatic heterocycles. The topological polar surface area (TPSA) is 54.2 Å². The fourth-order valence-electron chi connectivity index (χ4n) is 2.08. The number of pyridine rings is 1. The highest BCUT2D eigenvalue weighted by atomic mass is 35.5. The van der Waals surface area contributed by atoms with E-state index >= 15 is 0 Å². The van der Waals surface area contributed by atoms with Crippen molar-refractivity contribution in [1.82, 2.24) is 19.9 Å². The maximum Gasteiger partial charge on any atom is 0.243 e. The van der Waals surface area contributed by atoms with E-state index in [0.29, 0.717) is 17.0 Å². The summed E-state index contributed by atoms with van der Waals surface area (Å²) in [6, 6.07) is 4.20. The highest BCUT2D eigenvalue weighted by Gasteiger charge is 2.14. The van der Waals surface area contributed by atoms with Gasteiger partial charge in [-0.15, -0.1) is 5.10 Å². The van der Waals surface area contributed by atoms with E-state index < -0.39 is 0 Å². The molecule has 5 nitrogen and oxygen atoms in total. The second kappa shape index (κ2) is 4.50. The molecule has 3 rings (SSSR count). The van der Waals surface area contributed by atoms with Gasteiger partial charge < -0.3 is 10.6 Å². The van der Waals surface area contributed by atoms with Crippen LogP contribution in [0.2, 0.25) is 5.02 Å². The van der Waals surface area contributed by atoms with Gasteiger partial charge in [0, 0.05) is 18.8 Å². The number of nitrogens with zero attached hydrogens (tertiary/aromatic N) is 3. The lowest BCUT2D eigenvalue weighted by atomic mass is 10.2. The average molecular weight is 252 g/mol. The van der Waals surface area contributed by atoms with Gasteiger partial charge in [-0.1, -0.05) is 11.6 Å². The number of hydrogen-bond acceptors (Lipinski definition) is 4. The van der Waals surface area contributed by atoms with Crippen molar-refractivity contribution in [1.29, 1.82) is 0 Å². The third-order valence-electron chi connectivity index (χ3n) is 2.96. The lowest BCUT2D eigenvalue weighted by molar-refractivity contribution is 0.631. The van der Waals surface area contributed by atoms with Gasteiger partial charge in [-0.3, -0.25) is 0 Å². The zero-order valence-electron chi connectivity index (χ0n) is 9.36. The third-order valence-corrected chi connectivity index (χ3v) is 3.19. The maximum absolute atomic E-state index is 5.89. The van der Waals surface area contributed by atoms with E-state index in [0.717, 1.165) is 18.7 Å². The van der Waals surface area contributed by atoms with E-state index in [1.54, 1.807) is 10.7 Å². The smallest absolute Gasteiger partial charge is 0.243 e. The van der Waals surface area contributed by atoms with Crippen molar-refractivity contribution in [2.75, 3.05) is 18.4 Å². The van der Waals surface area contributed by atoms with Crippen molar-refractivity contribution < 1.29 is 0 Å². The summed E-state index contributed by atoms with van der Waals surface area (Å²) in [4.78, 5) is 4.37. The Labute approximate surface area is 104 Å². The molecule has 0 amide bonds. The van der Waals surface area contributed by atoms with Gasteiger partial charge >= 0.3 is 0 Å². The molecule has 1 aliphatic rings. The summed E-state index contributed by atoms with van der Waals surface area (Å²) < 4.78 is 1.69. The average Bonchev–Trinajstić information content (AvgIpc) is 2.94. The first-order chi connectivity index (χ1) is 8.31. The monoisotopic (exact) mass is 251 g/mol. The number of aromatic nitrogens is 3. The molecule has 0 spiro atoms. The Hall–Kier alpha value is -1.33. The van der Waals surface area contributed by atoms with Crippen molar-refractivity contribution >= 4 is 23.2 Å². The Kier molecular flexibility index (Phi) is 2.86. The molecule has 1 unspecified atom stereocenters. The van der Waals surface area contributed by atoms with Gasteiger partial charge in [-0.05, 0) is 31.5 Å². The van der Waals surface area contributed by atoms with E-state index in [4.69, 9.17) is 11.6 Å². The van der Waals surface area contributed by atoms with Gasteiger partial charge in [0.15, 0.2) is 5.65 Å². The van der Waals surface area contributed by atoms with Crippen LogP contribution in [0.1, 0.15) is 12.8 Å². The molecule has 2 N–H and O–H groups in total. The second-order valence-electron chi connectivity index (χ2n) is 4.26. The van der Waals surface area contributed by atoms with Gasteiger partial charge in [0.05, 0.1) is 5.02 Å². The minimum Gasteiger partial charge on any atom is -0.351 e. The molecule has 1 fully saturated rings. The molecule has 0 bridgehead atoms. The summed E-state index contributed by atoms with van der Waals surface area (Å²) in [6.45, 7) is 1.98. The Morgan fingerprint density at radius 2 is 2.47 bits per heavy atom. The first-order valence-electron chi connectivity index (χ1n) is 5.80. The van der Waals surface area contributed by atoms with Crippen molar-refractivity contribution in [3.8, 4) is 0 Å². The van der Waals surface area contributed by atoms with Crippen molar-refractivity contribution in [3.63, 3.8) is 0 Å². The Morgan fingerprint density at radius 3 is 3.29 bits per heavy atom. The first-order valence-corrected chi connectivity index (χ1v) is 6.18. The number of nitrogens with one attached hydrogen (secondary N) is 2. The van der Waals surface area contributed by atoms with Crippen LogP contribution in [0, 0.1) is 0 Å². The van der Waals surface area contributed by atoms with Crippen LogP contribution in [-0.2, 0) is 0 Å². The standard InChI is InChI=1S/C11H14ClN5/c12-8-3-4-10-15-11(16-17(10)7-8)14-6-9-2-1-5-13-9/h3-4,7,9,13H,1-2,5-6H2,(H,14,16). The Bertz CT molecular complexity index is 518. The molecular weight excluding hydrogens is 238 g/mol. The molecule has 0 aromatic carbocycles. The normalized spacial score (nSPS) is 19.9. The first kappa shape index (κ1) is 10.8. The van der Waals surface area contributed by atoms with Crippen molar-refractivity contribution in [2.45, 2.75) is 18.9 Å². The van der Waals surface area contributed by atoms with Crippen molar-refractivity contribution in [2.24, 2.45) is 0 Å². The third kappa shape index (κ3) is 2.35. The second-order valence-corrected chi connectivity index (χ2v) is 4.70. The highest BCUT2D eigenvalue weighted by molar-refractivity contribution is 6.30. The van der Waals surface area contributed by atoms with Crippen LogP contribution < -0.4 is 10.6 Å². The number of hydrogen-bond donors (Lipinski definition) is 2.